The normalized spacial score (nSPS) is 12.0. The zero-order chi connectivity index (χ0) is 14.8. The van der Waals surface area contributed by atoms with Crippen LogP contribution >= 0.6 is 0 Å². The number of sulfonamides is 1. The average Bonchev–Trinajstić information content (AvgIpc) is 2.95. The van der Waals surface area contributed by atoms with E-state index in [1.54, 1.807) is 25.4 Å². The van der Waals surface area contributed by atoms with Gasteiger partial charge >= 0.3 is 0 Å². The third-order valence-electron chi connectivity index (χ3n) is 2.68. The summed E-state index contributed by atoms with van der Waals surface area (Å²) >= 11 is 0. The second-order valence-corrected chi connectivity index (χ2v) is 6.56. The van der Waals surface area contributed by atoms with Crippen molar-refractivity contribution < 1.29 is 8.42 Å². The van der Waals surface area contributed by atoms with Crippen molar-refractivity contribution in [2.24, 2.45) is 7.05 Å². The van der Waals surface area contributed by atoms with Gasteiger partial charge in [0, 0.05) is 43.8 Å². The van der Waals surface area contributed by atoms with E-state index in [1.807, 2.05) is 13.8 Å². The molecule has 0 unspecified atom stereocenters. The zero-order valence-corrected chi connectivity index (χ0v) is 12.5. The molecule has 3 N–H and O–H groups in total. The lowest BCUT2D eigenvalue weighted by Gasteiger charge is -2.05. The number of aromatic nitrogens is 3. The molecule has 0 spiro atoms. The van der Waals surface area contributed by atoms with Gasteiger partial charge in [-0.3, -0.25) is 9.40 Å². The number of aromatic amines is 1. The summed E-state index contributed by atoms with van der Waals surface area (Å²) in [5.41, 5.74) is 0.820. The minimum atomic E-state index is -3.60. The monoisotopic (exact) mass is 297 g/mol. The maximum Gasteiger partial charge on any atom is 0.264 e. The third kappa shape index (κ3) is 3.61. The topological polar surface area (TPSA) is 91.8 Å². The molecule has 2 rings (SSSR count). The van der Waals surface area contributed by atoms with Gasteiger partial charge in [0.05, 0.1) is 0 Å². The Kier molecular flexibility index (Phi) is 4.15. The highest BCUT2D eigenvalue weighted by molar-refractivity contribution is 7.92. The molecule has 0 saturated carbocycles. The summed E-state index contributed by atoms with van der Waals surface area (Å²) in [6.07, 6.45) is 3.15. The molecule has 0 aliphatic heterocycles. The van der Waals surface area contributed by atoms with E-state index in [1.165, 1.54) is 10.9 Å². The molecule has 2 heterocycles. The van der Waals surface area contributed by atoms with E-state index in [0.717, 1.165) is 5.69 Å². The van der Waals surface area contributed by atoms with Crippen molar-refractivity contribution >= 4 is 15.8 Å². The van der Waals surface area contributed by atoms with E-state index in [4.69, 9.17) is 0 Å². The number of hydrogen-bond acceptors (Lipinski definition) is 4. The molecule has 2 aromatic rings. The van der Waals surface area contributed by atoms with E-state index in [0.29, 0.717) is 18.4 Å². The molecule has 0 saturated heterocycles. The summed E-state index contributed by atoms with van der Waals surface area (Å²) < 4.78 is 28.3. The minimum absolute atomic E-state index is 0.198. The molecule has 2 aromatic heterocycles. The van der Waals surface area contributed by atoms with Crippen LogP contribution in [0.2, 0.25) is 0 Å². The average molecular weight is 297 g/mol. The van der Waals surface area contributed by atoms with Crippen LogP contribution in [0.4, 0.5) is 5.82 Å². The molecule has 20 heavy (non-hydrogen) atoms. The molecule has 0 radical (unpaired) electrons. The van der Waals surface area contributed by atoms with Crippen molar-refractivity contribution in [3.8, 4) is 0 Å². The molecule has 8 heteroatoms. The lowest BCUT2D eigenvalue weighted by Crippen LogP contribution is -2.21. The fourth-order valence-electron chi connectivity index (χ4n) is 1.66. The van der Waals surface area contributed by atoms with E-state index >= 15 is 0 Å². The summed E-state index contributed by atoms with van der Waals surface area (Å²) in [5.74, 6) is 0.301. The second kappa shape index (κ2) is 5.68. The van der Waals surface area contributed by atoms with Gasteiger partial charge in [-0.1, -0.05) is 13.8 Å². The van der Waals surface area contributed by atoms with Crippen LogP contribution in [0.5, 0.6) is 0 Å². The molecule has 7 nitrogen and oxygen atoms in total. The Balaban J connectivity index is 2.09. The Bertz CT molecular complexity index is 672. The van der Waals surface area contributed by atoms with Gasteiger partial charge in [0.15, 0.2) is 5.82 Å². The molecule has 0 bridgehead atoms. The molecule has 0 fully saturated rings. The number of H-pyrrole nitrogens is 1. The van der Waals surface area contributed by atoms with Gasteiger partial charge in [0.1, 0.15) is 4.90 Å². The first-order valence-electron chi connectivity index (χ1n) is 6.30. The van der Waals surface area contributed by atoms with Crippen LogP contribution in [0.15, 0.2) is 29.4 Å². The quantitative estimate of drug-likeness (QED) is 0.743. The van der Waals surface area contributed by atoms with Crippen LogP contribution in [0.1, 0.15) is 19.5 Å². The Morgan fingerprint density at radius 3 is 2.80 bits per heavy atom. The number of hydrogen-bond donors (Lipinski definition) is 3. The molecule has 0 aliphatic rings. The lowest BCUT2D eigenvalue weighted by molar-refractivity contribution is 0.582. The van der Waals surface area contributed by atoms with Gasteiger partial charge in [0.25, 0.3) is 10.0 Å². The maximum absolute atomic E-state index is 12.2. The Labute approximate surface area is 118 Å². The highest BCUT2D eigenvalue weighted by Crippen LogP contribution is 2.15. The summed E-state index contributed by atoms with van der Waals surface area (Å²) in [7, 11) is -1.88. The number of anilines is 1. The maximum atomic E-state index is 12.2. The highest BCUT2D eigenvalue weighted by atomic mass is 32.2. The second-order valence-electron chi connectivity index (χ2n) is 4.88. The zero-order valence-electron chi connectivity index (χ0n) is 11.7. The van der Waals surface area contributed by atoms with Gasteiger partial charge in [-0.25, -0.2) is 8.42 Å². The molecule has 0 aliphatic carbocycles. The summed E-state index contributed by atoms with van der Waals surface area (Å²) in [6.45, 7) is 4.66. The number of aryl methyl sites for hydroxylation is 1. The van der Waals surface area contributed by atoms with Gasteiger partial charge in [0.2, 0.25) is 0 Å². The predicted octanol–water partition coefficient (Wildman–Crippen LogP) is 1.05. The van der Waals surface area contributed by atoms with Crippen molar-refractivity contribution in [3.05, 3.63) is 30.2 Å². The SMILES string of the molecule is CC(C)NCc1cc(S(=O)(=O)Nc2ccn(C)n2)c[nH]1. The van der Waals surface area contributed by atoms with Crippen molar-refractivity contribution in [1.82, 2.24) is 20.1 Å². The fourth-order valence-corrected chi connectivity index (χ4v) is 2.67. The van der Waals surface area contributed by atoms with E-state index < -0.39 is 10.0 Å². The van der Waals surface area contributed by atoms with Crippen molar-refractivity contribution in [2.45, 2.75) is 31.3 Å². The van der Waals surface area contributed by atoms with Gasteiger partial charge < -0.3 is 10.3 Å². The van der Waals surface area contributed by atoms with Crippen LogP contribution < -0.4 is 10.0 Å². The number of nitrogens with one attached hydrogen (secondary N) is 3. The van der Waals surface area contributed by atoms with E-state index in [2.05, 4.69) is 20.1 Å². The van der Waals surface area contributed by atoms with Crippen LogP contribution in [0.25, 0.3) is 0 Å². The Hall–Kier alpha value is -1.80. The number of nitrogens with zero attached hydrogens (tertiary/aromatic N) is 2. The number of rotatable bonds is 6. The van der Waals surface area contributed by atoms with Crippen LogP contribution in [0, 0.1) is 0 Å². The van der Waals surface area contributed by atoms with E-state index in [-0.39, 0.29) is 4.90 Å². The van der Waals surface area contributed by atoms with E-state index in [9.17, 15) is 8.42 Å². The Morgan fingerprint density at radius 1 is 1.45 bits per heavy atom. The van der Waals surface area contributed by atoms with Crippen molar-refractivity contribution in [1.29, 1.82) is 0 Å². The first kappa shape index (κ1) is 14.6. The summed E-state index contributed by atoms with van der Waals surface area (Å²) in [5, 5.41) is 7.21. The van der Waals surface area contributed by atoms with Crippen LogP contribution in [-0.4, -0.2) is 29.2 Å². The van der Waals surface area contributed by atoms with Gasteiger partial charge in [-0.2, -0.15) is 5.10 Å². The molecular formula is C12H19N5O2S. The lowest BCUT2D eigenvalue weighted by atomic mass is 10.3. The molecule has 0 aromatic carbocycles. The van der Waals surface area contributed by atoms with Gasteiger partial charge in [-0.15, -0.1) is 0 Å². The smallest absolute Gasteiger partial charge is 0.264 e. The van der Waals surface area contributed by atoms with Crippen molar-refractivity contribution in [3.63, 3.8) is 0 Å². The third-order valence-corrected chi connectivity index (χ3v) is 4.01. The Morgan fingerprint density at radius 2 is 2.20 bits per heavy atom. The molecular weight excluding hydrogens is 278 g/mol. The van der Waals surface area contributed by atoms with Crippen LogP contribution in [0.3, 0.4) is 0 Å². The summed E-state index contributed by atoms with van der Waals surface area (Å²) in [6, 6.07) is 3.55. The molecule has 0 atom stereocenters. The van der Waals surface area contributed by atoms with Gasteiger partial charge in [-0.05, 0) is 6.07 Å². The van der Waals surface area contributed by atoms with Crippen molar-refractivity contribution in [2.75, 3.05) is 4.72 Å². The predicted molar refractivity (Wildman–Crippen MR) is 76.8 cm³/mol. The standard InChI is InChI=1S/C12H19N5O2S/c1-9(2)13-7-10-6-11(8-14-10)20(18,19)16-12-4-5-17(3)15-12/h4-6,8-9,13-14H,7H2,1-3H3,(H,15,16). The first-order chi connectivity index (χ1) is 9.37. The van der Waals surface area contributed by atoms with Crippen LogP contribution in [-0.2, 0) is 23.6 Å². The summed E-state index contributed by atoms with van der Waals surface area (Å²) in [4.78, 5) is 3.15. The highest BCUT2D eigenvalue weighted by Gasteiger charge is 2.17. The first-order valence-corrected chi connectivity index (χ1v) is 7.78. The largest absolute Gasteiger partial charge is 0.363 e. The molecule has 0 amide bonds. The molecule has 110 valence electrons. The fraction of sp³-hybridized carbons (Fsp3) is 0.417. The minimum Gasteiger partial charge on any atom is -0.363 e.